The number of nitrogens with one attached hydrogen (secondary N) is 1. The summed E-state index contributed by atoms with van der Waals surface area (Å²) < 4.78 is 26.2. The Hall–Kier alpha value is -3.20. The van der Waals surface area contributed by atoms with Gasteiger partial charge in [-0.2, -0.15) is 0 Å². The van der Waals surface area contributed by atoms with Crippen LogP contribution in [-0.2, 0) is 26.2 Å². The summed E-state index contributed by atoms with van der Waals surface area (Å²) in [6.45, 7) is 4.74. The molecular weight excluding hydrogens is 442 g/mol. The van der Waals surface area contributed by atoms with Crippen molar-refractivity contribution in [2.45, 2.75) is 39.8 Å². The molecule has 178 valence electrons. The van der Waals surface area contributed by atoms with E-state index < -0.39 is 28.5 Å². The minimum atomic E-state index is -3.85. The standard InChI is InChI=1S/C24H31N3O5S/c1-6-22(24(30)25-4)26(15-20-11-8-7-10-17(20)2)23(29)16-27(33(5,31)32)21-13-9-12-19(14-21)18(3)28/h7-14,22H,6,15-16H2,1-5H3,(H,25,30)/t22-/m1/s1. The molecule has 0 heterocycles. The van der Waals surface area contributed by atoms with Gasteiger partial charge in [-0.1, -0.05) is 43.3 Å². The third-order valence-electron chi connectivity index (χ3n) is 5.45. The van der Waals surface area contributed by atoms with Crippen LogP contribution in [0.4, 0.5) is 5.69 Å². The molecule has 0 saturated heterocycles. The summed E-state index contributed by atoms with van der Waals surface area (Å²) >= 11 is 0. The number of nitrogens with zero attached hydrogens (tertiary/aromatic N) is 2. The van der Waals surface area contributed by atoms with E-state index in [2.05, 4.69) is 5.32 Å². The third kappa shape index (κ3) is 6.64. The van der Waals surface area contributed by atoms with E-state index in [1.807, 2.05) is 31.2 Å². The van der Waals surface area contributed by atoms with E-state index in [1.54, 1.807) is 19.1 Å². The fourth-order valence-electron chi connectivity index (χ4n) is 3.55. The monoisotopic (exact) mass is 473 g/mol. The smallest absolute Gasteiger partial charge is 0.244 e. The lowest BCUT2D eigenvalue weighted by molar-refractivity contribution is -0.140. The van der Waals surface area contributed by atoms with Crippen molar-refractivity contribution >= 4 is 33.3 Å². The first-order chi connectivity index (χ1) is 15.5. The van der Waals surface area contributed by atoms with Crippen LogP contribution in [0.25, 0.3) is 0 Å². The number of hydrogen-bond acceptors (Lipinski definition) is 5. The summed E-state index contributed by atoms with van der Waals surface area (Å²) in [5.41, 5.74) is 2.36. The van der Waals surface area contributed by atoms with Crippen molar-refractivity contribution < 1.29 is 22.8 Å². The van der Waals surface area contributed by atoms with E-state index in [1.165, 1.54) is 31.0 Å². The Morgan fingerprint density at radius 3 is 2.27 bits per heavy atom. The highest BCUT2D eigenvalue weighted by Crippen LogP contribution is 2.22. The Labute approximate surface area is 195 Å². The SMILES string of the molecule is CC[C@H](C(=O)NC)N(Cc1ccccc1C)C(=O)CN(c1cccc(C(C)=O)c1)S(C)(=O)=O. The van der Waals surface area contributed by atoms with Crippen LogP contribution in [0.2, 0.25) is 0 Å². The molecule has 0 bridgehead atoms. The maximum Gasteiger partial charge on any atom is 0.244 e. The van der Waals surface area contributed by atoms with Crippen molar-refractivity contribution in [2.24, 2.45) is 0 Å². The van der Waals surface area contributed by atoms with Gasteiger partial charge in [0.1, 0.15) is 12.6 Å². The Morgan fingerprint density at radius 1 is 1.06 bits per heavy atom. The van der Waals surface area contributed by atoms with Gasteiger partial charge < -0.3 is 10.2 Å². The molecule has 0 radical (unpaired) electrons. The molecule has 0 aliphatic heterocycles. The van der Waals surface area contributed by atoms with Crippen LogP contribution in [0.3, 0.4) is 0 Å². The van der Waals surface area contributed by atoms with Gasteiger partial charge in [-0.3, -0.25) is 18.7 Å². The fourth-order valence-corrected chi connectivity index (χ4v) is 4.39. The van der Waals surface area contributed by atoms with Crippen LogP contribution < -0.4 is 9.62 Å². The van der Waals surface area contributed by atoms with Crippen molar-refractivity contribution in [3.63, 3.8) is 0 Å². The number of likely N-dealkylation sites (N-methyl/N-ethyl adjacent to an activating group) is 1. The van der Waals surface area contributed by atoms with Gasteiger partial charge in [-0.15, -0.1) is 0 Å². The molecule has 0 aliphatic carbocycles. The van der Waals surface area contributed by atoms with E-state index in [9.17, 15) is 22.8 Å². The number of amides is 2. The molecule has 0 spiro atoms. The van der Waals surface area contributed by atoms with E-state index in [0.29, 0.717) is 12.0 Å². The minimum absolute atomic E-state index is 0.155. The summed E-state index contributed by atoms with van der Waals surface area (Å²) in [7, 11) is -2.36. The molecule has 2 rings (SSSR count). The van der Waals surface area contributed by atoms with Gasteiger partial charge in [0.15, 0.2) is 5.78 Å². The number of anilines is 1. The van der Waals surface area contributed by atoms with E-state index >= 15 is 0 Å². The normalized spacial score (nSPS) is 12.0. The second kappa shape index (κ2) is 11.1. The Kier molecular flexibility index (Phi) is 8.76. The highest BCUT2D eigenvalue weighted by Gasteiger charge is 2.31. The third-order valence-corrected chi connectivity index (χ3v) is 6.59. The maximum absolute atomic E-state index is 13.5. The number of aryl methyl sites for hydroxylation is 1. The van der Waals surface area contributed by atoms with Crippen molar-refractivity contribution in [3.05, 3.63) is 65.2 Å². The van der Waals surface area contributed by atoms with Gasteiger partial charge in [0.25, 0.3) is 0 Å². The lowest BCUT2D eigenvalue weighted by Gasteiger charge is -2.33. The van der Waals surface area contributed by atoms with Crippen molar-refractivity contribution in [1.29, 1.82) is 0 Å². The quantitative estimate of drug-likeness (QED) is 0.534. The summed E-state index contributed by atoms with van der Waals surface area (Å²) in [5, 5.41) is 2.58. The van der Waals surface area contributed by atoms with Crippen molar-refractivity contribution in [2.75, 3.05) is 24.2 Å². The first-order valence-corrected chi connectivity index (χ1v) is 12.5. The fraction of sp³-hybridized carbons (Fsp3) is 0.375. The Balaban J connectivity index is 2.48. The molecule has 2 aromatic carbocycles. The largest absolute Gasteiger partial charge is 0.357 e. The van der Waals surface area contributed by atoms with Gasteiger partial charge in [0.05, 0.1) is 11.9 Å². The molecule has 1 N–H and O–H groups in total. The summed E-state index contributed by atoms with van der Waals surface area (Å²) in [4.78, 5) is 39.3. The number of Topliss-reactive ketones (excluding diaryl/α,β-unsaturated/α-hetero) is 1. The number of hydrogen-bond donors (Lipinski definition) is 1. The molecule has 9 heteroatoms. The van der Waals surface area contributed by atoms with Gasteiger partial charge in [0.2, 0.25) is 21.8 Å². The molecule has 0 unspecified atom stereocenters. The van der Waals surface area contributed by atoms with Crippen LogP contribution >= 0.6 is 0 Å². The molecule has 2 aromatic rings. The van der Waals surface area contributed by atoms with Crippen molar-refractivity contribution in [3.8, 4) is 0 Å². The highest BCUT2D eigenvalue weighted by atomic mass is 32.2. The number of benzene rings is 2. The molecule has 8 nitrogen and oxygen atoms in total. The zero-order valence-corrected chi connectivity index (χ0v) is 20.5. The zero-order chi connectivity index (χ0) is 24.8. The second-order valence-electron chi connectivity index (χ2n) is 7.86. The number of ketones is 1. The number of rotatable bonds is 10. The van der Waals surface area contributed by atoms with E-state index in [-0.39, 0.29) is 23.9 Å². The van der Waals surface area contributed by atoms with E-state index in [0.717, 1.165) is 21.7 Å². The maximum atomic E-state index is 13.5. The average molecular weight is 474 g/mol. The molecule has 0 saturated carbocycles. The minimum Gasteiger partial charge on any atom is -0.357 e. The Bertz CT molecular complexity index is 1130. The molecule has 0 fully saturated rings. The molecule has 0 aliphatic rings. The topological polar surface area (TPSA) is 104 Å². The molecule has 0 aromatic heterocycles. The molecule has 33 heavy (non-hydrogen) atoms. The molecule has 1 atom stereocenters. The van der Waals surface area contributed by atoms with Gasteiger partial charge >= 0.3 is 0 Å². The first kappa shape index (κ1) is 26.1. The van der Waals surface area contributed by atoms with Gasteiger partial charge in [-0.05, 0) is 43.5 Å². The zero-order valence-electron chi connectivity index (χ0n) is 19.7. The lowest BCUT2D eigenvalue weighted by atomic mass is 10.1. The summed E-state index contributed by atoms with van der Waals surface area (Å²) in [6, 6.07) is 12.9. The summed E-state index contributed by atoms with van der Waals surface area (Å²) in [6.07, 6.45) is 1.36. The number of sulfonamides is 1. The van der Waals surface area contributed by atoms with Crippen LogP contribution in [0.1, 0.15) is 41.8 Å². The average Bonchev–Trinajstić information content (AvgIpc) is 2.77. The predicted octanol–water partition coefficient (Wildman–Crippen LogP) is 2.52. The van der Waals surface area contributed by atoms with Gasteiger partial charge in [0, 0.05) is 19.2 Å². The van der Waals surface area contributed by atoms with Crippen LogP contribution in [-0.4, -0.2) is 56.8 Å². The second-order valence-corrected chi connectivity index (χ2v) is 9.77. The number of carbonyl (C=O) groups is 3. The van der Waals surface area contributed by atoms with E-state index in [4.69, 9.17) is 0 Å². The van der Waals surface area contributed by atoms with Gasteiger partial charge in [-0.25, -0.2) is 8.42 Å². The summed E-state index contributed by atoms with van der Waals surface area (Å²) in [5.74, 6) is -1.07. The lowest BCUT2D eigenvalue weighted by Crippen LogP contribution is -2.51. The van der Waals surface area contributed by atoms with Crippen LogP contribution in [0.15, 0.2) is 48.5 Å². The Morgan fingerprint density at radius 2 is 1.73 bits per heavy atom. The predicted molar refractivity (Wildman–Crippen MR) is 129 cm³/mol. The number of carbonyl (C=O) groups excluding carboxylic acids is 3. The van der Waals surface area contributed by atoms with Crippen molar-refractivity contribution in [1.82, 2.24) is 10.2 Å². The van der Waals surface area contributed by atoms with Crippen LogP contribution in [0.5, 0.6) is 0 Å². The highest BCUT2D eigenvalue weighted by molar-refractivity contribution is 7.92. The van der Waals surface area contributed by atoms with Crippen LogP contribution in [0, 0.1) is 6.92 Å². The molecule has 2 amide bonds. The molecular formula is C24H31N3O5S. The first-order valence-electron chi connectivity index (χ1n) is 10.6.